The smallest absolute Gasteiger partial charge is 0.296 e. The summed E-state index contributed by atoms with van der Waals surface area (Å²) in [5, 5.41) is 10.4. The minimum atomic E-state index is -0.647. The monoisotopic (exact) mass is 515 g/mol. The Labute approximate surface area is 212 Å². The van der Waals surface area contributed by atoms with Crippen molar-refractivity contribution in [3.05, 3.63) is 57.5 Å². The van der Waals surface area contributed by atoms with E-state index in [1.807, 2.05) is 18.2 Å². The summed E-state index contributed by atoms with van der Waals surface area (Å²) >= 11 is 6.58. The standard InChI is InChI=1S/C26H27ClFN3O5/c1-33-6-2-3-13-7-14-4-5-15(22(14)17(28)8-13)9-18-16(27)10-19-25(29-18)31-26(30-19)36-21-12-35-23-20(32)11-34-24(21)23/h2-3,7-8,10,15,20-21,23-24,32H,4-6,9,11-12H2,1H3,(H,29,30,31)/b3-2+/t15?,20-,21-,23-,24-/m1/s1. The van der Waals surface area contributed by atoms with Crippen molar-refractivity contribution in [1.82, 2.24) is 15.0 Å². The number of fused-ring (bicyclic) bond motifs is 3. The Balaban J connectivity index is 1.20. The molecule has 10 heteroatoms. The molecule has 0 amide bonds. The molecule has 3 aromatic rings. The van der Waals surface area contributed by atoms with Gasteiger partial charge in [-0.2, -0.15) is 4.98 Å². The normalized spacial score (nSPS) is 27.3. The van der Waals surface area contributed by atoms with Crippen molar-refractivity contribution in [3.63, 3.8) is 0 Å². The van der Waals surface area contributed by atoms with Gasteiger partial charge >= 0.3 is 0 Å². The number of pyridine rings is 1. The van der Waals surface area contributed by atoms with E-state index in [1.54, 1.807) is 19.2 Å². The van der Waals surface area contributed by atoms with Crippen LogP contribution >= 0.6 is 11.6 Å². The van der Waals surface area contributed by atoms with E-state index in [-0.39, 0.29) is 42.7 Å². The first-order valence-electron chi connectivity index (χ1n) is 12.1. The number of aromatic amines is 1. The number of ether oxygens (including phenoxy) is 4. The van der Waals surface area contributed by atoms with E-state index in [1.165, 1.54) is 0 Å². The van der Waals surface area contributed by atoms with Gasteiger partial charge in [-0.15, -0.1) is 0 Å². The molecule has 2 aromatic heterocycles. The van der Waals surface area contributed by atoms with E-state index < -0.39 is 6.10 Å². The molecule has 0 radical (unpaired) electrons. The third-order valence-electron chi connectivity index (χ3n) is 7.14. The molecule has 0 spiro atoms. The van der Waals surface area contributed by atoms with Crippen molar-refractivity contribution >= 4 is 28.8 Å². The lowest BCUT2D eigenvalue weighted by atomic mass is 9.94. The predicted octanol–water partition coefficient (Wildman–Crippen LogP) is 3.59. The summed E-state index contributed by atoms with van der Waals surface area (Å²) in [6.45, 7) is 1.02. The lowest BCUT2D eigenvalue weighted by Crippen LogP contribution is -2.34. The van der Waals surface area contributed by atoms with Gasteiger partial charge in [0, 0.05) is 7.11 Å². The molecular weight excluding hydrogens is 489 g/mol. The number of aromatic nitrogens is 3. The summed E-state index contributed by atoms with van der Waals surface area (Å²) in [4.78, 5) is 12.3. The van der Waals surface area contributed by atoms with Crippen LogP contribution in [0.1, 0.15) is 34.7 Å². The first-order chi connectivity index (χ1) is 17.5. The van der Waals surface area contributed by atoms with Gasteiger partial charge in [-0.05, 0) is 54.0 Å². The zero-order valence-electron chi connectivity index (χ0n) is 19.7. The van der Waals surface area contributed by atoms with Crippen LogP contribution in [0.15, 0.2) is 24.3 Å². The van der Waals surface area contributed by atoms with Crippen LogP contribution in [-0.2, 0) is 27.1 Å². The Hall–Kier alpha value is -2.56. The third-order valence-corrected chi connectivity index (χ3v) is 7.47. The second kappa shape index (κ2) is 9.72. The Bertz CT molecular complexity index is 1310. The van der Waals surface area contributed by atoms with Gasteiger partial charge in [0.2, 0.25) is 0 Å². The Morgan fingerprint density at radius 3 is 2.94 bits per heavy atom. The van der Waals surface area contributed by atoms with Gasteiger partial charge in [0.15, 0.2) is 11.8 Å². The summed E-state index contributed by atoms with van der Waals surface area (Å²) in [5.41, 5.74) is 4.41. The SMILES string of the molecule is COC/C=C/c1cc(F)c2c(c1)CCC2Cc1nc2nc(O[C@@H]3CO[C@H]4[C@@H]3OC[C@H]4O)[nH]c2cc1Cl. The number of imidazole rings is 1. The topological polar surface area (TPSA) is 98.7 Å². The van der Waals surface area contributed by atoms with Crippen molar-refractivity contribution in [3.8, 4) is 6.01 Å². The molecule has 3 aliphatic rings. The van der Waals surface area contributed by atoms with Crippen LogP contribution in [0.25, 0.3) is 17.2 Å². The second-order valence-electron chi connectivity index (χ2n) is 9.52. The van der Waals surface area contributed by atoms with E-state index in [0.717, 1.165) is 29.5 Å². The molecule has 0 saturated carbocycles. The Morgan fingerprint density at radius 1 is 1.22 bits per heavy atom. The van der Waals surface area contributed by atoms with Gasteiger partial charge in [0.05, 0.1) is 36.1 Å². The maximum atomic E-state index is 15.1. The average molecular weight is 516 g/mol. The summed E-state index contributed by atoms with van der Waals surface area (Å²) < 4.78 is 37.3. The van der Waals surface area contributed by atoms with Crippen molar-refractivity contribution in [2.45, 2.75) is 49.6 Å². The van der Waals surface area contributed by atoms with Crippen molar-refractivity contribution < 1.29 is 28.4 Å². The highest BCUT2D eigenvalue weighted by Gasteiger charge is 2.48. The van der Waals surface area contributed by atoms with Gasteiger partial charge in [0.25, 0.3) is 6.01 Å². The first-order valence-corrected chi connectivity index (χ1v) is 12.5. The fraction of sp³-hybridized carbons (Fsp3) is 0.462. The highest BCUT2D eigenvalue weighted by Crippen LogP contribution is 2.39. The summed E-state index contributed by atoms with van der Waals surface area (Å²) in [5.74, 6) is -0.205. The largest absolute Gasteiger partial charge is 0.456 e. The zero-order chi connectivity index (χ0) is 24.8. The number of hydrogen-bond acceptors (Lipinski definition) is 7. The van der Waals surface area contributed by atoms with Crippen LogP contribution < -0.4 is 4.74 Å². The van der Waals surface area contributed by atoms with Crippen molar-refractivity contribution in [1.29, 1.82) is 0 Å². The first kappa shape index (κ1) is 23.8. The highest BCUT2D eigenvalue weighted by molar-refractivity contribution is 6.31. The van der Waals surface area contributed by atoms with E-state index in [0.29, 0.717) is 41.5 Å². The van der Waals surface area contributed by atoms with Gasteiger partial charge in [-0.1, -0.05) is 29.8 Å². The van der Waals surface area contributed by atoms with E-state index in [4.69, 9.17) is 30.5 Å². The van der Waals surface area contributed by atoms with Gasteiger partial charge < -0.3 is 29.0 Å². The molecule has 4 heterocycles. The third kappa shape index (κ3) is 4.39. The lowest BCUT2D eigenvalue weighted by Gasteiger charge is -2.15. The number of hydrogen-bond donors (Lipinski definition) is 2. The summed E-state index contributed by atoms with van der Waals surface area (Å²) in [7, 11) is 1.63. The molecule has 1 aromatic carbocycles. The summed E-state index contributed by atoms with van der Waals surface area (Å²) in [6.07, 6.45) is 4.16. The van der Waals surface area contributed by atoms with Crippen LogP contribution in [-0.4, -0.2) is 71.4 Å². The molecule has 0 bridgehead atoms. The maximum absolute atomic E-state index is 15.1. The van der Waals surface area contributed by atoms with Crippen LogP contribution in [0, 0.1) is 5.82 Å². The number of methoxy groups -OCH3 is 1. The molecule has 2 N–H and O–H groups in total. The van der Waals surface area contributed by atoms with E-state index in [2.05, 4.69) is 15.0 Å². The molecule has 1 aliphatic carbocycles. The van der Waals surface area contributed by atoms with Crippen LogP contribution in [0.2, 0.25) is 5.02 Å². The maximum Gasteiger partial charge on any atom is 0.296 e. The molecular formula is C26H27ClFN3O5. The average Bonchev–Trinajstić information content (AvgIpc) is 3.61. The molecule has 6 rings (SSSR count). The van der Waals surface area contributed by atoms with Gasteiger partial charge in [-0.3, -0.25) is 0 Å². The van der Waals surface area contributed by atoms with Crippen molar-refractivity contribution in [2.24, 2.45) is 0 Å². The van der Waals surface area contributed by atoms with Crippen molar-refractivity contribution in [2.75, 3.05) is 26.9 Å². The Kier molecular flexibility index (Phi) is 6.43. The zero-order valence-corrected chi connectivity index (χ0v) is 20.5. The van der Waals surface area contributed by atoms with Crippen LogP contribution in [0.3, 0.4) is 0 Å². The molecule has 36 heavy (non-hydrogen) atoms. The number of aliphatic hydroxyl groups is 1. The number of rotatable bonds is 7. The number of nitrogens with zero attached hydrogens (tertiary/aromatic N) is 2. The lowest BCUT2D eigenvalue weighted by molar-refractivity contribution is 0.00706. The number of halogens is 2. The fourth-order valence-corrected chi connectivity index (χ4v) is 5.70. The number of benzene rings is 1. The van der Waals surface area contributed by atoms with Gasteiger partial charge in [-0.25, -0.2) is 9.37 Å². The summed E-state index contributed by atoms with van der Waals surface area (Å²) in [6, 6.07) is 5.68. The van der Waals surface area contributed by atoms with E-state index >= 15 is 4.39 Å². The minimum Gasteiger partial charge on any atom is -0.456 e. The van der Waals surface area contributed by atoms with Crippen LogP contribution in [0.4, 0.5) is 4.39 Å². The van der Waals surface area contributed by atoms with Crippen LogP contribution in [0.5, 0.6) is 6.01 Å². The molecule has 5 atom stereocenters. The predicted molar refractivity (Wildman–Crippen MR) is 131 cm³/mol. The second-order valence-corrected chi connectivity index (χ2v) is 9.93. The molecule has 2 aliphatic heterocycles. The number of H-pyrrole nitrogens is 1. The number of aryl methyl sites for hydroxylation is 1. The number of nitrogens with one attached hydrogen (secondary N) is 1. The number of aliphatic hydroxyl groups excluding tert-OH is 1. The Morgan fingerprint density at radius 2 is 2.08 bits per heavy atom. The molecule has 8 nitrogen and oxygen atoms in total. The highest BCUT2D eigenvalue weighted by atomic mass is 35.5. The fourth-order valence-electron chi connectivity index (χ4n) is 5.47. The molecule has 2 fully saturated rings. The quantitative estimate of drug-likeness (QED) is 0.496. The molecule has 190 valence electrons. The van der Waals surface area contributed by atoms with Gasteiger partial charge in [0.1, 0.15) is 24.1 Å². The van der Waals surface area contributed by atoms with E-state index in [9.17, 15) is 5.11 Å². The minimum absolute atomic E-state index is 0.00682. The molecule has 2 saturated heterocycles. The molecule has 1 unspecified atom stereocenters.